The summed E-state index contributed by atoms with van der Waals surface area (Å²) in [6.45, 7) is 5.65. The highest BCUT2D eigenvalue weighted by molar-refractivity contribution is 7.86. The molecule has 2 rings (SSSR count). The molecule has 1 aliphatic carbocycles. The van der Waals surface area contributed by atoms with Crippen molar-refractivity contribution in [3.63, 3.8) is 0 Å². The van der Waals surface area contributed by atoms with Gasteiger partial charge in [0.25, 0.3) is 10.1 Å². The molecule has 1 aromatic carbocycles. The number of esters is 3. The Morgan fingerprint density at radius 2 is 1.42 bits per heavy atom. The van der Waals surface area contributed by atoms with Gasteiger partial charge in [-0.2, -0.15) is 8.42 Å². The van der Waals surface area contributed by atoms with Crippen LogP contribution in [0.3, 0.4) is 0 Å². The third-order valence-electron chi connectivity index (χ3n) is 5.53. The van der Waals surface area contributed by atoms with Crippen LogP contribution in [0.4, 0.5) is 0 Å². The number of hydrogen-bond acceptors (Lipinski definition) is 10. The quantitative estimate of drug-likeness (QED) is 0.155. The summed E-state index contributed by atoms with van der Waals surface area (Å²) in [4.78, 5) is 35.8. The smallest absolute Gasteiger partial charge is 0.338 e. The van der Waals surface area contributed by atoms with Crippen molar-refractivity contribution in [1.82, 2.24) is 0 Å². The van der Waals surface area contributed by atoms with Crippen LogP contribution in [0.25, 0.3) is 0 Å². The SMILES string of the molecule is C=CC(=O)OCC(COC)(COC(=O)C=C)COC(=O)c1ccc(S(=O)(=O)OC2CCCCC2)cc1. The van der Waals surface area contributed by atoms with Gasteiger partial charge in [0.15, 0.2) is 0 Å². The Labute approximate surface area is 211 Å². The Morgan fingerprint density at radius 3 is 1.92 bits per heavy atom. The second kappa shape index (κ2) is 13.9. The first-order valence-electron chi connectivity index (χ1n) is 11.4. The maximum Gasteiger partial charge on any atom is 0.338 e. The number of carbonyl (C=O) groups excluding carboxylic acids is 3. The van der Waals surface area contributed by atoms with Crippen molar-refractivity contribution in [2.24, 2.45) is 5.41 Å². The predicted octanol–water partition coefficient (Wildman–Crippen LogP) is 2.97. The molecule has 0 heterocycles. The van der Waals surface area contributed by atoms with Crippen molar-refractivity contribution in [2.45, 2.75) is 43.1 Å². The van der Waals surface area contributed by atoms with Gasteiger partial charge >= 0.3 is 17.9 Å². The van der Waals surface area contributed by atoms with E-state index >= 15 is 0 Å². The number of hydrogen-bond donors (Lipinski definition) is 0. The summed E-state index contributed by atoms with van der Waals surface area (Å²) in [5.74, 6) is -2.20. The lowest BCUT2D eigenvalue weighted by Crippen LogP contribution is -2.43. The maximum atomic E-state index is 12.7. The molecular formula is C25H32O10S. The number of carbonyl (C=O) groups is 3. The molecule has 36 heavy (non-hydrogen) atoms. The normalized spacial score (nSPS) is 14.5. The van der Waals surface area contributed by atoms with E-state index < -0.39 is 33.4 Å². The first-order chi connectivity index (χ1) is 17.1. The van der Waals surface area contributed by atoms with Crippen LogP contribution in [0.2, 0.25) is 0 Å². The van der Waals surface area contributed by atoms with Crippen molar-refractivity contribution in [1.29, 1.82) is 0 Å². The molecule has 0 aromatic heterocycles. The van der Waals surface area contributed by atoms with Gasteiger partial charge in [-0.15, -0.1) is 0 Å². The Morgan fingerprint density at radius 1 is 0.889 bits per heavy atom. The fourth-order valence-corrected chi connectivity index (χ4v) is 4.71. The molecular weight excluding hydrogens is 492 g/mol. The molecule has 0 aliphatic heterocycles. The van der Waals surface area contributed by atoms with Gasteiger partial charge < -0.3 is 18.9 Å². The summed E-state index contributed by atoms with van der Waals surface area (Å²) in [5, 5.41) is 0. The fourth-order valence-electron chi connectivity index (χ4n) is 3.58. The van der Waals surface area contributed by atoms with Crippen molar-refractivity contribution >= 4 is 28.0 Å². The molecule has 10 nitrogen and oxygen atoms in total. The van der Waals surface area contributed by atoms with Gasteiger partial charge in [0, 0.05) is 19.3 Å². The second-order valence-electron chi connectivity index (χ2n) is 8.47. The van der Waals surface area contributed by atoms with Crippen LogP contribution < -0.4 is 0 Å². The van der Waals surface area contributed by atoms with Crippen molar-refractivity contribution in [3.05, 3.63) is 55.1 Å². The largest absolute Gasteiger partial charge is 0.462 e. The molecule has 198 valence electrons. The van der Waals surface area contributed by atoms with E-state index in [4.69, 9.17) is 23.1 Å². The highest BCUT2D eigenvalue weighted by Crippen LogP contribution is 2.25. The van der Waals surface area contributed by atoms with E-state index in [0.717, 1.165) is 31.4 Å². The zero-order valence-corrected chi connectivity index (χ0v) is 21.1. The first kappa shape index (κ1) is 29.2. The monoisotopic (exact) mass is 524 g/mol. The topological polar surface area (TPSA) is 131 Å². The third kappa shape index (κ3) is 8.89. The van der Waals surface area contributed by atoms with Crippen LogP contribution in [0, 0.1) is 5.41 Å². The molecule has 0 amide bonds. The van der Waals surface area contributed by atoms with E-state index in [1.54, 1.807) is 0 Å². The summed E-state index contributed by atoms with van der Waals surface area (Å²) in [5.41, 5.74) is -1.12. The van der Waals surface area contributed by atoms with Crippen molar-refractivity contribution in [3.8, 4) is 0 Å². The molecule has 0 radical (unpaired) electrons. The predicted molar refractivity (Wildman–Crippen MR) is 128 cm³/mol. The second-order valence-corrected chi connectivity index (χ2v) is 10.0. The van der Waals surface area contributed by atoms with E-state index in [1.165, 1.54) is 31.4 Å². The van der Waals surface area contributed by atoms with Crippen LogP contribution >= 0.6 is 0 Å². The molecule has 0 saturated heterocycles. The number of benzene rings is 1. The number of ether oxygens (including phenoxy) is 4. The number of rotatable bonds is 14. The highest BCUT2D eigenvalue weighted by atomic mass is 32.2. The molecule has 0 N–H and O–H groups in total. The lowest BCUT2D eigenvalue weighted by Gasteiger charge is -2.31. The van der Waals surface area contributed by atoms with Gasteiger partial charge in [-0.25, -0.2) is 14.4 Å². The van der Waals surface area contributed by atoms with E-state index in [0.29, 0.717) is 12.8 Å². The first-order valence-corrected chi connectivity index (χ1v) is 12.8. The lowest BCUT2D eigenvalue weighted by atomic mass is 9.92. The average Bonchev–Trinajstić information content (AvgIpc) is 2.89. The fraction of sp³-hybridized carbons (Fsp3) is 0.480. The van der Waals surface area contributed by atoms with Gasteiger partial charge in [-0.05, 0) is 37.1 Å². The van der Waals surface area contributed by atoms with Gasteiger partial charge in [0.2, 0.25) is 0 Å². The minimum absolute atomic E-state index is 0.0639. The van der Waals surface area contributed by atoms with E-state index in [9.17, 15) is 22.8 Å². The van der Waals surface area contributed by atoms with Gasteiger partial charge in [-0.1, -0.05) is 32.4 Å². The summed E-state index contributed by atoms with van der Waals surface area (Å²) in [6.07, 6.45) is 5.89. The zero-order chi connectivity index (χ0) is 26.6. The summed E-state index contributed by atoms with van der Waals surface area (Å²) >= 11 is 0. The molecule has 11 heteroatoms. The molecule has 1 aliphatic rings. The Kier molecular flexibility index (Phi) is 11.3. The third-order valence-corrected chi connectivity index (χ3v) is 6.90. The molecule has 1 saturated carbocycles. The van der Waals surface area contributed by atoms with Crippen molar-refractivity contribution in [2.75, 3.05) is 33.5 Å². The molecule has 0 spiro atoms. The van der Waals surface area contributed by atoms with Gasteiger partial charge in [0.1, 0.15) is 19.8 Å². The molecule has 1 aromatic rings. The van der Waals surface area contributed by atoms with E-state index in [-0.39, 0.29) is 43.0 Å². The van der Waals surface area contributed by atoms with Crippen LogP contribution in [-0.4, -0.2) is 66.0 Å². The summed E-state index contributed by atoms with van der Waals surface area (Å²) < 4.78 is 51.3. The standard InChI is InChI=1S/C25H32O10S/c1-4-22(26)32-16-25(15-31-3,17-33-23(27)5-2)18-34-24(28)19-11-13-21(14-12-19)36(29,30)35-20-9-7-6-8-10-20/h4-5,11-14,20H,1-2,6-10,15-18H2,3H3. The van der Waals surface area contributed by atoms with Gasteiger partial charge in [-0.3, -0.25) is 4.18 Å². The molecule has 0 unspecified atom stereocenters. The Balaban J connectivity index is 2.09. The lowest BCUT2D eigenvalue weighted by molar-refractivity contribution is -0.154. The van der Waals surface area contributed by atoms with Crippen LogP contribution in [0.15, 0.2) is 54.5 Å². The van der Waals surface area contributed by atoms with Crippen molar-refractivity contribution < 1.29 is 45.9 Å². The number of methoxy groups -OCH3 is 1. The van der Waals surface area contributed by atoms with E-state index in [2.05, 4.69) is 13.2 Å². The average molecular weight is 525 g/mol. The molecule has 0 bridgehead atoms. The molecule has 0 atom stereocenters. The maximum absolute atomic E-state index is 12.7. The Hall–Kier alpha value is -3.02. The van der Waals surface area contributed by atoms with Crippen LogP contribution in [-0.2, 0) is 42.8 Å². The summed E-state index contributed by atoms with van der Waals surface area (Å²) in [7, 11) is -2.58. The minimum atomic E-state index is -3.96. The zero-order valence-electron chi connectivity index (χ0n) is 20.3. The minimum Gasteiger partial charge on any atom is -0.462 e. The summed E-state index contributed by atoms with van der Waals surface area (Å²) in [6, 6.07) is 5.17. The van der Waals surface area contributed by atoms with Crippen LogP contribution in [0.5, 0.6) is 0 Å². The van der Waals surface area contributed by atoms with Gasteiger partial charge in [0.05, 0.1) is 28.6 Å². The highest BCUT2D eigenvalue weighted by Gasteiger charge is 2.36. The Bertz CT molecular complexity index is 999. The van der Waals surface area contributed by atoms with E-state index in [1.807, 2.05) is 0 Å². The molecule has 1 fully saturated rings. The van der Waals surface area contributed by atoms with Crippen LogP contribution in [0.1, 0.15) is 42.5 Å².